The molecule has 0 heterocycles. The molecule has 0 N–H and O–H groups in total. The molecule has 17 heavy (non-hydrogen) atoms. The van der Waals surface area contributed by atoms with Gasteiger partial charge in [-0.1, -0.05) is 13.8 Å². The van der Waals surface area contributed by atoms with Gasteiger partial charge in [0.2, 0.25) is 0 Å². The molecule has 0 aliphatic carbocycles. The topological polar surface area (TPSA) is 0 Å². The number of hydrogen-bond acceptors (Lipinski definition) is 0. The van der Waals surface area contributed by atoms with Gasteiger partial charge in [-0.05, 0) is 0 Å². The normalized spacial score (nSPS) is 10.0. The van der Waals surface area contributed by atoms with Crippen LogP contribution in [-0.2, 0) is 17.1 Å². The van der Waals surface area contributed by atoms with Gasteiger partial charge >= 0.3 is 17.1 Å². The minimum atomic E-state index is 0. The third-order valence-electron chi connectivity index (χ3n) is 2.10. The average Bonchev–Trinajstić information content (AvgIpc) is 2.92. The Balaban J connectivity index is 0.000000284. The van der Waals surface area contributed by atoms with E-state index in [2.05, 4.69) is 36.4 Å². The Hall–Kier alpha value is -1.30. The molecule has 2 aromatic carbocycles. The van der Waals surface area contributed by atoms with Gasteiger partial charge < -0.3 is 0 Å². The van der Waals surface area contributed by atoms with Gasteiger partial charge in [-0.2, -0.15) is 36.4 Å². The molecule has 0 radical (unpaired) electrons. The van der Waals surface area contributed by atoms with Crippen molar-refractivity contribution in [3.05, 3.63) is 71.8 Å². The van der Waals surface area contributed by atoms with Crippen LogP contribution in [-0.4, -0.2) is 0 Å². The molecule has 2 rings (SSSR count). The van der Waals surface area contributed by atoms with E-state index < -0.39 is 0 Å². The monoisotopic (exact) mass is 266 g/mol. The molecule has 90 valence electrons. The van der Waals surface area contributed by atoms with Crippen LogP contribution in [0.2, 0.25) is 0 Å². The van der Waals surface area contributed by atoms with Gasteiger partial charge in [-0.15, -0.1) is 47.5 Å². The van der Waals surface area contributed by atoms with Gasteiger partial charge in [-0.3, -0.25) is 0 Å². The molecule has 0 aromatic heterocycles. The van der Waals surface area contributed by atoms with Crippen molar-refractivity contribution in [2.75, 3.05) is 0 Å². The Bertz CT molecular complexity index is 360. The van der Waals surface area contributed by atoms with E-state index in [1.165, 1.54) is 11.1 Å². The van der Waals surface area contributed by atoms with E-state index in [-0.39, 0.29) is 17.1 Å². The molecule has 0 atom stereocenters. The molecule has 0 bridgehead atoms. The summed E-state index contributed by atoms with van der Waals surface area (Å²) >= 11 is 0. The third-order valence-corrected chi connectivity index (χ3v) is 2.10. The van der Waals surface area contributed by atoms with E-state index in [1.807, 2.05) is 50.3 Å². The Morgan fingerprint density at radius 3 is 1.18 bits per heavy atom. The van der Waals surface area contributed by atoms with Crippen molar-refractivity contribution < 1.29 is 17.1 Å². The summed E-state index contributed by atoms with van der Waals surface area (Å²) in [7, 11) is 0. The first kappa shape index (κ1) is 15.7. The van der Waals surface area contributed by atoms with E-state index in [0.29, 0.717) is 0 Å². The van der Waals surface area contributed by atoms with E-state index >= 15 is 0 Å². The summed E-state index contributed by atoms with van der Waals surface area (Å²) in [6.07, 6.45) is 8.24. The maximum Gasteiger partial charge on any atom is 2.00 e. The van der Waals surface area contributed by atoms with Crippen LogP contribution in [0.25, 0.3) is 12.2 Å². The predicted octanol–water partition coefficient (Wildman–Crippen LogP) is 4.87. The SMILES string of the molecule is CC=C[c-]1cccc1.CC=C[c-]1cccc1.[Fe+2]. The van der Waals surface area contributed by atoms with Crippen LogP contribution in [0.1, 0.15) is 25.0 Å². The van der Waals surface area contributed by atoms with Crippen molar-refractivity contribution in [1.29, 1.82) is 0 Å². The molecular formula is C16H18Fe. The largest absolute Gasteiger partial charge is 2.00 e. The van der Waals surface area contributed by atoms with Gasteiger partial charge in [0.25, 0.3) is 0 Å². The van der Waals surface area contributed by atoms with Crippen molar-refractivity contribution in [2.45, 2.75) is 13.8 Å². The van der Waals surface area contributed by atoms with E-state index in [9.17, 15) is 0 Å². The van der Waals surface area contributed by atoms with Crippen LogP contribution in [0.15, 0.2) is 60.7 Å². The zero-order chi connectivity index (χ0) is 11.6. The summed E-state index contributed by atoms with van der Waals surface area (Å²) in [6, 6.07) is 16.5. The van der Waals surface area contributed by atoms with Crippen LogP contribution in [0, 0.1) is 0 Å². The smallest absolute Gasteiger partial charge is 0.174 e. The maximum atomic E-state index is 2.08. The molecule has 0 fully saturated rings. The van der Waals surface area contributed by atoms with Gasteiger partial charge in [0.1, 0.15) is 0 Å². The molecule has 2 aromatic rings. The van der Waals surface area contributed by atoms with Crippen LogP contribution >= 0.6 is 0 Å². The van der Waals surface area contributed by atoms with Crippen molar-refractivity contribution >= 4 is 12.2 Å². The van der Waals surface area contributed by atoms with Crippen LogP contribution < -0.4 is 0 Å². The summed E-state index contributed by atoms with van der Waals surface area (Å²) < 4.78 is 0. The minimum absolute atomic E-state index is 0. The number of allylic oxidation sites excluding steroid dienone is 2. The fourth-order valence-electron chi connectivity index (χ4n) is 1.38. The van der Waals surface area contributed by atoms with Crippen LogP contribution in [0.3, 0.4) is 0 Å². The molecule has 0 nitrogen and oxygen atoms in total. The van der Waals surface area contributed by atoms with Crippen molar-refractivity contribution in [3.63, 3.8) is 0 Å². The summed E-state index contributed by atoms with van der Waals surface area (Å²) in [5.41, 5.74) is 2.57. The van der Waals surface area contributed by atoms with Crippen LogP contribution in [0.4, 0.5) is 0 Å². The predicted molar refractivity (Wildman–Crippen MR) is 73.5 cm³/mol. The Labute approximate surface area is 115 Å². The zero-order valence-electron chi connectivity index (χ0n) is 10.3. The van der Waals surface area contributed by atoms with E-state index in [4.69, 9.17) is 0 Å². The van der Waals surface area contributed by atoms with Crippen molar-refractivity contribution in [2.24, 2.45) is 0 Å². The fourth-order valence-corrected chi connectivity index (χ4v) is 1.38. The fraction of sp³-hybridized carbons (Fsp3) is 0.125. The summed E-state index contributed by atoms with van der Waals surface area (Å²) in [5, 5.41) is 0. The Kier molecular flexibility index (Phi) is 9.14. The molecule has 0 spiro atoms. The molecule has 1 heteroatoms. The molecule has 0 aliphatic heterocycles. The summed E-state index contributed by atoms with van der Waals surface area (Å²) in [5.74, 6) is 0. The average molecular weight is 266 g/mol. The molecule has 0 unspecified atom stereocenters. The van der Waals surface area contributed by atoms with Gasteiger partial charge in [0.05, 0.1) is 0 Å². The standard InChI is InChI=1S/2C8H9.Fe/c2*1-2-5-8-6-3-4-7-8;/h2*2-7H,1H3;/q2*-1;+2. The molecule has 0 aliphatic rings. The second-order valence-electron chi connectivity index (χ2n) is 3.44. The second kappa shape index (κ2) is 9.89. The maximum absolute atomic E-state index is 2.08. The first-order chi connectivity index (χ1) is 7.86. The quantitative estimate of drug-likeness (QED) is 0.537. The third kappa shape index (κ3) is 6.78. The van der Waals surface area contributed by atoms with Gasteiger partial charge in [-0.25, -0.2) is 0 Å². The van der Waals surface area contributed by atoms with E-state index in [0.717, 1.165) is 0 Å². The Morgan fingerprint density at radius 2 is 0.941 bits per heavy atom. The Morgan fingerprint density at radius 1 is 0.647 bits per heavy atom. The van der Waals surface area contributed by atoms with Crippen molar-refractivity contribution in [1.82, 2.24) is 0 Å². The second-order valence-corrected chi connectivity index (χ2v) is 3.44. The van der Waals surface area contributed by atoms with Gasteiger partial charge in [0, 0.05) is 0 Å². The first-order valence-electron chi connectivity index (χ1n) is 5.55. The van der Waals surface area contributed by atoms with Crippen molar-refractivity contribution in [3.8, 4) is 0 Å². The van der Waals surface area contributed by atoms with Crippen LogP contribution in [0.5, 0.6) is 0 Å². The minimum Gasteiger partial charge on any atom is -0.174 e. The first-order valence-corrected chi connectivity index (χ1v) is 5.55. The molecule has 0 saturated heterocycles. The van der Waals surface area contributed by atoms with E-state index in [1.54, 1.807) is 0 Å². The molecular weight excluding hydrogens is 248 g/mol. The summed E-state index contributed by atoms with van der Waals surface area (Å²) in [6.45, 7) is 4.04. The summed E-state index contributed by atoms with van der Waals surface area (Å²) in [4.78, 5) is 0. The molecule has 0 saturated carbocycles. The number of hydrogen-bond donors (Lipinski definition) is 0. The van der Waals surface area contributed by atoms with Gasteiger partial charge in [0.15, 0.2) is 0 Å². The number of rotatable bonds is 2. The molecule has 0 amide bonds. The zero-order valence-corrected chi connectivity index (χ0v) is 11.4.